The van der Waals surface area contributed by atoms with E-state index in [1.54, 1.807) is 13.8 Å². The van der Waals surface area contributed by atoms with Crippen molar-refractivity contribution in [3.63, 3.8) is 0 Å². The minimum absolute atomic E-state index is 0.154. The number of rotatable bonds is 16. The molecule has 0 radical (unpaired) electrons. The van der Waals surface area contributed by atoms with Crippen LogP contribution in [-0.4, -0.2) is 47.6 Å². The van der Waals surface area contributed by atoms with Crippen LogP contribution in [0.4, 0.5) is 0 Å². The van der Waals surface area contributed by atoms with E-state index in [2.05, 4.69) is 6.92 Å². The number of aliphatic hydroxyl groups excluding tert-OH is 2. The number of esters is 2. The molecule has 2 atom stereocenters. The Morgan fingerprint density at radius 3 is 1.46 bits per heavy atom. The summed E-state index contributed by atoms with van der Waals surface area (Å²) in [5.74, 6) is -0.315. The minimum atomic E-state index is -0.251. The largest absolute Gasteiger partial charge is 0.466 e. The Kier molecular flexibility index (Phi) is 23.0. The summed E-state index contributed by atoms with van der Waals surface area (Å²) < 4.78 is 9.56. The van der Waals surface area contributed by atoms with Crippen molar-refractivity contribution < 1.29 is 29.3 Å². The molecule has 2 N–H and O–H groups in total. The maximum absolute atomic E-state index is 11.0. The summed E-state index contributed by atoms with van der Waals surface area (Å²) in [4.78, 5) is 21.9. The lowest BCUT2D eigenvalue weighted by Crippen LogP contribution is -2.09. The predicted octanol–water partition coefficient (Wildman–Crippen LogP) is 4.54. The first-order chi connectivity index (χ1) is 13.4. The molecule has 0 aromatic carbocycles. The Labute approximate surface area is 172 Å². The maximum Gasteiger partial charge on any atom is 0.305 e. The van der Waals surface area contributed by atoms with E-state index >= 15 is 0 Å². The van der Waals surface area contributed by atoms with Gasteiger partial charge in [-0.15, -0.1) is 0 Å². The van der Waals surface area contributed by atoms with Crippen molar-refractivity contribution in [2.24, 2.45) is 0 Å². The molecule has 0 aliphatic heterocycles. The molecule has 0 heterocycles. The number of carbonyl (C=O) groups excluding carboxylic acids is 2. The Morgan fingerprint density at radius 2 is 1.07 bits per heavy atom. The van der Waals surface area contributed by atoms with Crippen LogP contribution in [0.5, 0.6) is 0 Å². The van der Waals surface area contributed by atoms with Crippen LogP contribution >= 0.6 is 0 Å². The smallest absolute Gasteiger partial charge is 0.305 e. The van der Waals surface area contributed by atoms with Crippen LogP contribution in [-0.2, 0) is 19.1 Å². The number of hydrogen-bond donors (Lipinski definition) is 2. The Balaban J connectivity index is 0. The molecule has 0 rings (SSSR count). The van der Waals surface area contributed by atoms with Crippen LogP contribution in [0.2, 0.25) is 0 Å². The molecule has 0 aromatic heterocycles. The third-order valence-corrected chi connectivity index (χ3v) is 4.21. The molecule has 0 amide bonds. The van der Waals surface area contributed by atoms with Gasteiger partial charge in [0.15, 0.2) is 0 Å². The highest BCUT2D eigenvalue weighted by Gasteiger charge is 2.07. The van der Waals surface area contributed by atoms with Crippen LogP contribution in [0.3, 0.4) is 0 Å². The number of carbonyl (C=O) groups is 2. The summed E-state index contributed by atoms with van der Waals surface area (Å²) in [6.45, 7) is 8.66. The van der Waals surface area contributed by atoms with Crippen molar-refractivity contribution in [3.8, 4) is 0 Å². The van der Waals surface area contributed by atoms with Gasteiger partial charge in [-0.3, -0.25) is 9.59 Å². The van der Waals surface area contributed by atoms with Crippen LogP contribution in [0.1, 0.15) is 105 Å². The van der Waals surface area contributed by atoms with Gasteiger partial charge in [0.1, 0.15) is 0 Å². The zero-order valence-electron chi connectivity index (χ0n) is 18.6. The van der Waals surface area contributed by atoms with Crippen LogP contribution in [0.25, 0.3) is 0 Å². The van der Waals surface area contributed by atoms with Gasteiger partial charge in [-0.05, 0) is 52.4 Å². The molecule has 0 aliphatic rings. The Hall–Kier alpha value is -1.14. The van der Waals surface area contributed by atoms with Gasteiger partial charge >= 0.3 is 11.9 Å². The van der Waals surface area contributed by atoms with Gasteiger partial charge in [-0.1, -0.05) is 39.5 Å². The summed E-state index contributed by atoms with van der Waals surface area (Å²) in [6, 6.07) is 0. The van der Waals surface area contributed by atoms with Gasteiger partial charge in [0, 0.05) is 12.8 Å². The molecule has 0 saturated heterocycles. The van der Waals surface area contributed by atoms with Gasteiger partial charge < -0.3 is 19.7 Å². The van der Waals surface area contributed by atoms with Crippen LogP contribution < -0.4 is 0 Å². The summed E-state index contributed by atoms with van der Waals surface area (Å²) in [5, 5.41) is 18.9. The molecule has 0 aromatic rings. The summed E-state index contributed by atoms with van der Waals surface area (Å²) in [5.41, 5.74) is 0. The molecule has 0 saturated carbocycles. The van der Waals surface area contributed by atoms with E-state index in [9.17, 15) is 19.8 Å². The van der Waals surface area contributed by atoms with E-state index in [0.29, 0.717) is 38.9 Å². The topological polar surface area (TPSA) is 93.1 Å². The van der Waals surface area contributed by atoms with Gasteiger partial charge in [-0.25, -0.2) is 0 Å². The van der Waals surface area contributed by atoms with E-state index in [-0.39, 0.29) is 24.1 Å². The fourth-order valence-corrected chi connectivity index (χ4v) is 2.68. The summed E-state index contributed by atoms with van der Waals surface area (Å²) >= 11 is 0. The van der Waals surface area contributed by atoms with Crippen molar-refractivity contribution >= 4 is 11.9 Å². The van der Waals surface area contributed by atoms with Crippen LogP contribution in [0, 0.1) is 0 Å². The molecule has 28 heavy (non-hydrogen) atoms. The van der Waals surface area contributed by atoms with Gasteiger partial charge in [-0.2, -0.15) is 0 Å². The second kappa shape index (κ2) is 22.2. The molecule has 0 aliphatic carbocycles. The van der Waals surface area contributed by atoms with E-state index in [0.717, 1.165) is 38.5 Å². The number of unbranched alkanes of at least 4 members (excludes halogenated alkanes) is 2. The Morgan fingerprint density at radius 1 is 0.643 bits per heavy atom. The number of ether oxygens (including phenoxy) is 2. The van der Waals surface area contributed by atoms with Crippen molar-refractivity contribution in [2.45, 2.75) is 117 Å². The van der Waals surface area contributed by atoms with Crippen molar-refractivity contribution in [1.29, 1.82) is 0 Å². The normalized spacial score (nSPS) is 12.5. The fourth-order valence-electron chi connectivity index (χ4n) is 2.68. The van der Waals surface area contributed by atoms with E-state index in [4.69, 9.17) is 9.47 Å². The first-order valence-corrected chi connectivity index (χ1v) is 11.1. The molecular weight excluding hydrogens is 360 g/mol. The molecule has 6 nitrogen and oxygen atoms in total. The lowest BCUT2D eigenvalue weighted by Gasteiger charge is -2.09. The monoisotopic (exact) mass is 404 g/mol. The van der Waals surface area contributed by atoms with Gasteiger partial charge in [0.05, 0.1) is 25.4 Å². The highest BCUT2D eigenvalue weighted by molar-refractivity contribution is 5.69. The van der Waals surface area contributed by atoms with Gasteiger partial charge in [0.2, 0.25) is 0 Å². The predicted molar refractivity (Wildman–Crippen MR) is 112 cm³/mol. The molecule has 0 spiro atoms. The van der Waals surface area contributed by atoms with Gasteiger partial charge in [0.25, 0.3) is 0 Å². The molecule has 168 valence electrons. The SMILES string of the molecule is CCCC(O)CCCC(=O)OCC.CCCCCC(O)CCCC(=O)OCC. The molecule has 0 bridgehead atoms. The number of aliphatic hydroxyl groups is 2. The minimum Gasteiger partial charge on any atom is -0.466 e. The molecule has 0 fully saturated rings. The molecule has 6 heteroatoms. The third kappa shape index (κ3) is 22.9. The second-order valence-corrected chi connectivity index (χ2v) is 6.99. The summed E-state index contributed by atoms with van der Waals surface area (Å²) in [6.07, 6.45) is 9.32. The highest BCUT2D eigenvalue weighted by atomic mass is 16.5. The molecular formula is C22H44O6. The highest BCUT2D eigenvalue weighted by Crippen LogP contribution is 2.10. The van der Waals surface area contributed by atoms with Crippen LogP contribution in [0.15, 0.2) is 0 Å². The third-order valence-electron chi connectivity index (χ3n) is 4.21. The van der Waals surface area contributed by atoms with E-state index in [1.807, 2.05) is 6.92 Å². The van der Waals surface area contributed by atoms with E-state index in [1.165, 1.54) is 12.8 Å². The average molecular weight is 405 g/mol. The number of hydrogen-bond acceptors (Lipinski definition) is 6. The fraction of sp³-hybridized carbons (Fsp3) is 0.909. The Bertz CT molecular complexity index is 359. The lowest BCUT2D eigenvalue weighted by atomic mass is 10.1. The maximum atomic E-state index is 11.0. The van der Waals surface area contributed by atoms with E-state index < -0.39 is 0 Å². The quantitative estimate of drug-likeness (QED) is 0.290. The van der Waals surface area contributed by atoms with Crippen molar-refractivity contribution in [2.75, 3.05) is 13.2 Å². The second-order valence-electron chi connectivity index (χ2n) is 6.99. The molecule has 2 unspecified atom stereocenters. The zero-order valence-corrected chi connectivity index (χ0v) is 18.6. The first kappa shape index (κ1) is 29.1. The average Bonchev–Trinajstić information content (AvgIpc) is 2.63. The zero-order chi connectivity index (χ0) is 21.6. The van der Waals surface area contributed by atoms with Crippen molar-refractivity contribution in [3.05, 3.63) is 0 Å². The summed E-state index contributed by atoms with van der Waals surface area (Å²) in [7, 11) is 0. The van der Waals surface area contributed by atoms with Crippen molar-refractivity contribution in [1.82, 2.24) is 0 Å². The standard InChI is InChI=1S/C12H24O3.C10H20O3/c1-3-5-6-8-11(13)9-7-10-12(14)15-4-2;1-3-6-9(11)7-5-8-10(12)13-4-2/h11,13H,3-10H2,1-2H3;9,11H,3-8H2,1-2H3. The first-order valence-electron chi connectivity index (χ1n) is 11.1. The lowest BCUT2D eigenvalue weighted by molar-refractivity contribution is -0.144.